The number of methoxy groups -OCH3 is 1. The first-order valence-corrected chi connectivity index (χ1v) is 5.69. The van der Waals surface area contributed by atoms with Gasteiger partial charge >= 0.3 is 0 Å². The van der Waals surface area contributed by atoms with E-state index >= 15 is 0 Å². The number of benzene rings is 2. The zero-order valence-corrected chi connectivity index (χ0v) is 10.2. The Morgan fingerprint density at radius 1 is 1.17 bits per heavy atom. The van der Waals surface area contributed by atoms with Crippen LogP contribution < -0.4 is 10.1 Å². The lowest BCUT2D eigenvalue weighted by atomic mass is 10.1. The molecule has 90 valence electrons. The van der Waals surface area contributed by atoms with Crippen LogP contribution in [0.5, 0.6) is 5.75 Å². The molecule has 3 heteroatoms. The van der Waals surface area contributed by atoms with E-state index < -0.39 is 0 Å². The van der Waals surface area contributed by atoms with Crippen LogP contribution in [0.4, 0.5) is 5.69 Å². The number of ether oxygens (including phenoxy) is 1. The van der Waals surface area contributed by atoms with Crippen molar-refractivity contribution in [3.8, 4) is 11.8 Å². The van der Waals surface area contributed by atoms with Gasteiger partial charge < -0.3 is 10.1 Å². The molecule has 0 amide bonds. The highest BCUT2D eigenvalue weighted by molar-refractivity contribution is 5.48. The number of nitrogens with zero attached hydrogens (tertiary/aromatic N) is 1. The maximum absolute atomic E-state index is 8.83. The minimum atomic E-state index is 0.681. The summed E-state index contributed by atoms with van der Waals surface area (Å²) in [6.45, 7) is 0.683. The normalized spacial score (nSPS) is 9.56. The molecule has 0 aliphatic carbocycles. The van der Waals surface area contributed by atoms with Gasteiger partial charge in [-0.2, -0.15) is 5.26 Å². The molecule has 0 saturated heterocycles. The standard InChI is InChI=1S/C15H14N2O/c1-18-15-7-3-6-14(9-15)17-11-13-5-2-4-12(8-13)10-16/h2-9,17H,11H2,1H3. The summed E-state index contributed by atoms with van der Waals surface area (Å²) < 4.78 is 5.16. The van der Waals surface area contributed by atoms with E-state index in [1.165, 1.54) is 0 Å². The van der Waals surface area contributed by atoms with Crippen LogP contribution in [0.15, 0.2) is 48.5 Å². The Morgan fingerprint density at radius 2 is 2.00 bits per heavy atom. The summed E-state index contributed by atoms with van der Waals surface area (Å²) in [6, 6.07) is 17.5. The fourth-order valence-corrected chi connectivity index (χ4v) is 1.69. The van der Waals surface area contributed by atoms with Gasteiger partial charge in [0.05, 0.1) is 18.7 Å². The van der Waals surface area contributed by atoms with Crippen LogP contribution in [0.3, 0.4) is 0 Å². The number of rotatable bonds is 4. The zero-order chi connectivity index (χ0) is 12.8. The lowest BCUT2D eigenvalue weighted by Gasteiger charge is -2.08. The highest BCUT2D eigenvalue weighted by Crippen LogP contribution is 2.17. The highest BCUT2D eigenvalue weighted by atomic mass is 16.5. The lowest BCUT2D eigenvalue weighted by molar-refractivity contribution is 0.415. The van der Waals surface area contributed by atoms with Crippen molar-refractivity contribution >= 4 is 5.69 Å². The first kappa shape index (κ1) is 12.0. The van der Waals surface area contributed by atoms with E-state index in [0.717, 1.165) is 17.0 Å². The Bertz CT molecular complexity index is 573. The number of anilines is 1. The van der Waals surface area contributed by atoms with Gasteiger partial charge in [-0.3, -0.25) is 0 Å². The second kappa shape index (κ2) is 5.74. The molecule has 0 aliphatic heterocycles. The minimum Gasteiger partial charge on any atom is -0.497 e. The van der Waals surface area contributed by atoms with Gasteiger partial charge in [0.25, 0.3) is 0 Å². The highest BCUT2D eigenvalue weighted by Gasteiger charge is 1.97. The Hall–Kier alpha value is -2.47. The van der Waals surface area contributed by atoms with Crippen LogP contribution in [0.1, 0.15) is 11.1 Å². The molecular formula is C15H14N2O. The molecule has 0 saturated carbocycles. The van der Waals surface area contributed by atoms with Crippen LogP contribution in [-0.2, 0) is 6.54 Å². The van der Waals surface area contributed by atoms with E-state index in [-0.39, 0.29) is 0 Å². The van der Waals surface area contributed by atoms with Crippen molar-refractivity contribution in [3.63, 3.8) is 0 Å². The third-order valence-electron chi connectivity index (χ3n) is 2.62. The Labute approximate surface area is 107 Å². The SMILES string of the molecule is COc1cccc(NCc2cccc(C#N)c2)c1. The van der Waals surface area contributed by atoms with E-state index in [9.17, 15) is 0 Å². The number of nitrogens with one attached hydrogen (secondary N) is 1. The van der Waals surface area contributed by atoms with Gasteiger partial charge in [-0.25, -0.2) is 0 Å². The fraction of sp³-hybridized carbons (Fsp3) is 0.133. The molecule has 0 aliphatic rings. The molecule has 0 spiro atoms. The van der Waals surface area contributed by atoms with Gasteiger partial charge in [0.2, 0.25) is 0 Å². The fourth-order valence-electron chi connectivity index (χ4n) is 1.69. The molecule has 0 radical (unpaired) electrons. The van der Waals surface area contributed by atoms with E-state index in [2.05, 4.69) is 11.4 Å². The first-order chi connectivity index (χ1) is 8.81. The molecule has 0 unspecified atom stereocenters. The van der Waals surface area contributed by atoms with Gasteiger partial charge in [-0.1, -0.05) is 18.2 Å². The van der Waals surface area contributed by atoms with Crippen LogP contribution in [0.25, 0.3) is 0 Å². The topological polar surface area (TPSA) is 45.0 Å². The Morgan fingerprint density at radius 3 is 2.78 bits per heavy atom. The second-order valence-electron chi connectivity index (χ2n) is 3.90. The van der Waals surface area contributed by atoms with Crippen molar-refractivity contribution in [1.29, 1.82) is 5.26 Å². The van der Waals surface area contributed by atoms with Crippen molar-refractivity contribution in [2.24, 2.45) is 0 Å². The van der Waals surface area contributed by atoms with E-state index in [4.69, 9.17) is 10.00 Å². The number of hydrogen-bond donors (Lipinski definition) is 1. The van der Waals surface area contributed by atoms with Gasteiger partial charge in [-0.05, 0) is 29.8 Å². The average Bonchev–Trinajstić information content (AvgIpc) is 2.45. The Balaban J connectivity index is 2.04. The summed E-state index contributed by atoms with van der Waals surface area (Å²) in [7, 11) is 1.65. The van der Waals surface area contributed by atoms with Crippen LogP contribution in [0, 0.1) is 11.3 Å². The molecule has 0 atom stereocenters. The van der Waals surface area contributed by atoms with Gasteiger partial charge in [0, 0.05) is 18.3 Å². The van der Waals surface area contributed by atoms with Crippen molar-refractivity contribution < 1.29 is 4.74 Å². The zero-order valence-electron chi connectivity index (χ0n) is 10.2. The molecule has 2 aromatic rings. The maximum atomic E-state index is 8.83. The summed E-state index contributed by atoms with van der Waals surface area (Å²) in [5.74, 6) is 0.825. The Kier molecular flexibility index (Phi) is 3.83. The molecular weight excluding hydrogens is 224 g/mol. The molecule has 0 bridgehead atoms. The van der Waals surface area contributed by atoms with Crippen LogP contribution in [-0.4, -0.2) is 7.11 Å². The third-order valence-corrected chi connectivity index (χ3v) is 2.62. The maximum Gasteiger partial charge on any atom is 0.120 e. The summed E-state index contributed by atoms with van der Waals surface area (Å²) in [4.78, 5) is 0. The van der Waals surface area contributed by atoms with Crippen molar-refractivity contribution in [2.75, 3.05) is 12.4 Å². The molecule has 2 rings (SSSR count). The molecule has 2 aromatic carbocycles. The minimum absolute atomic E-state index is 0.681. The predicted molar refractivity (Wildman–Crippen MR) is 71.5 cm³/mol. The molecule has 3 nitrogen and oxygen atoms in total. The largest absolute Gasteiger partial charge is 0.497 e. The quantitative estimate of drug-likeness (QED) is 0.889. The molecule has 0 heterocycles. The molecule has 0 aromatic heterocycles. The predicted octanol–water partition coefficient (Wildman–Crippen LogP) is 3.18. The summed E-state index contributed by atoms with van der Waals surface area (Å²) in [5.41, 5.74) is 2.76. The van der Waals surface area contributed by atoms with Crippen molar-refractivity contribution in [3.05, 3.63) is 59.7 Å². The van der Waals surface area contributed by atoms with Crippen molar-refractivity contribution in [2.45, 2.75) is 6.54 Å². The molecule has 1 N–H and O–H groups in total. The van der Waals surface area contributed by atoms with Gasteiger partial charge in [0.15, 0.2) is 0 Å². The van der Waals surface area contributed by atoms with E-state index in [0.29, 0.717) is 12.1 Å². The summed E-state index contributed by atoms with van der Waals surface area (Å²) in [6.07, 6.45) is 0. The van der Waals surface area contributed by atoms with Crippen molar-refractivity contribution in [1.82, 2.24) is 0 Å². The number of nitriles is 1. The summed E-state index contributed by atoms with van der Waals surface area (Å²) >= 11 is 0. The first-order valence-electron chi connectivity index (χ1n) is 5.69. The van der Waals surface area contributed by atoms with E-state index in [1.807, 2.05) is 42.5 Å². The second-order valence-corrected chi connectivity index (χ2v) is 3.90. The lowest BCUT2D eigenvalue weighted by Crippen LogP contribution is -1.99. The van der Waals surface area contributed by atoms with Gasteiger partial charge in [-0.15, -0.1) is 0 Å². The number of hydrogen-bond acceptors (Lipinski definition) is 3. The van der Waals surface area contributed by atoms with Gasteiger partial charge in [0.1, 0.15) is 5.75 Å². The third kappa shape index (κ3) is 3.02. The monoisotopic (exact) mass is 238 g/mol. The van der Waals surface area contributed by atoms with E-state index in [1.54, 1.807) is 13.2 Å². The van der Waals surface area contributed by atoms with Crippen LogP contribution in [0.2, 0.25) is 0 Å². The molecule has 18 heavy (non-hydrogen) atoms. The van der Waals surface area contributed by atoms with Crippen LogP contribution >= 0.6 is 0 Å². The smallest absolute Gasteiger partial charge is 0.120 e. The molecule has 0 fully saturated rings. The summed E-state index contributed by atoms with van der Waals surface area (Å²) in [5, 5.41) is 12.1. The average molecular weight is 238 g/mol.